The predicted octanol–water partition coefficient (Wildman–Crippen LogP) is 4.39. The Morgan fingerprint density at radius 2 is 1.67 bits per heavy atom. The van der Waals surface area contributed by atoms with Crippen LogP contribution in [0.4, 0.5) is 13.2 Å². The SMILES string of the molecule is CNC(Cc1cc(F)cc(F)c1)c1nc2cc(-c3cnccc3F)ccc2c(=O)n1-c1ccc(S(=O)(=O)N2CCOCC2)cc1. The van der Waals surface area contributed by atoms with Gasteiger partial charge in [0.05, 0.1) is 40.7 Å². The van der Waals surface area contributed by atoms with E-state index in [1.165, 1.54) is 63.7 Å². The molecule has 9 nitrogen and oxygen atoms in total. The van der Waals surface area contributed by atoms with E-state index in [1.807, 2.05) is 0 Å². The van der Waals surface area contributed by atoms with Crippen molar-refractivity contribution in [2.45, 2.75) is 17.4 Å². The van der Waals surface area contributed by atoms with E-state index in [2.05, 4.69) is 10.3 Å². The van der Waals surface area contributed by atoms with Crippen LogP contribution in [0.3, 0.4) is 0 Å². The zero-order chi connectivity index (χ0) is 31.7. The highest BCUT2D eigenvalue weighted by Crippen LogP contribution is 2.28. The van der Waals surface area contributed by atoms with Gasteiger partial charge in [0.15, 0.2) is 0 Å². The van der Waals surface area contributed by atoms with Crippen molar-refractivity contribution in [1.82, 2.24) is 24.2 Å². The fourth-order valence-corrected chi connectivity index (χ4v) is 6.84. The van der Waals surface area contributed by atoms with Gasteiger partial charge in [-0.25, -0.2) is 26.6 Å². The standard InChI is InChI=1S/C32H28F3N5O4S/c1-36-30(16-20-14-22(33)18-23(34)15-20)31-38-29-17-21(27-19-37-9-8-28(27)35)2-7-26(29)32(41)40(31)24-3-5-25(6-4-24)45(42,43)39-10-12-44-13-11-39/h2-9,14-15,17-19,30,36H,10-13,16H2,1H3. The molecule has 13 heteroatoms. The second-order valence-electron chi connectivity index (χ2n) is 10.5. The van der Waals surface area contributed by atoms with Crippen LogP contribution in [0.1, 0.15) is 17.4 Å². The summed E-state index contributed by atoms with van der Waals surface area (Å²) >= 11 is 0. The van der Waals surface area contributed by atoms with E-state index < -0.39 is 39.1 Å². The minimum atomic E-state index is -3.79. The highest BCUT2D eigenvalue weighted by Gasteiger charge is 2.27. The number of rotatable bonds is 8. The van der Waals surface area contributed by atoms with Crippen molar-refractivity contribution < 1.29 is 26.3 Å². The minimum absolute atomic E-state index is 0.0556. The van der Waals surface area contributed by atoms with Gasteiger partial charge in [0, 0.05) is 37.1 Å². The average Bonchev–Trinajstić information content (AvgIpc) is 3.03. The Labute approximate surface area is 257 Å². The molecule has 232 valence electrons. The number of hydrogen-bond donors (Lipinski definition) is 1. The third-order valence-electron chi connectivity index (χ3n) is 7.70. The van der Waals surface area contributed by atoms with Gasteiger partial charge in [0.25, 0.3) is 5.56 Å². The molecule has 2 aromatic heterocycles. The average molecular weight is 636 g/mol. The molecule has 1 N–H and O–H groups in total. The second kappa shape index (κ2) is 12.5. The topological polar surface area (TPSA) is 106 Å². The lowest BCUT2D eigenvalue weighted by Crippen LogP contribution is -2.40. The zero-order valence-corrected chi connectivity index (χ0v) is 24.9. The number of ether oxygens (including phenoxy) is 1. The normalized spacial score (nSPS) is 14.9. The molecule has 1 unspecified atom stereocenters. The highest BCUT2D eigenvalue weighted by molar-refractivity contribution is 7.89. The molecule has 0 spiro atoms. The molecule has 1 saturated heterocycles. The van der Waals surface area contributed by atoms with Gasteiger partial charge in [-0.1, -0.05) is 6.07 Å². The van der Waals surface area contributed by atoms with Crippen LogP contribution in [0.25, 0.3) is 27.7 Å². The van der Waals surface area contributed by atoms with E-state index in [9.17, 15) is 26.4 Å². The Morgan fingerprint density at radius 3 is 2.33 bits per heavy atom. The molecule has 1 aliphatic heterocycles. The van der Waals surface area contributed by atoms with Crippen LogP contribution in [0.2, 0.25) is 0 Å². The third kappa shape index (κ3) is 6.12. The molecule has 0 amide bonds. The van der Waals surface area contributed by atoms with Crippen LogP contribution >= 0.6 is 0 Å². The first-order valence-corrected chi connectivity index (χ1v) is 15.6. The van der Waals surface area contributed by atoms with E-state index in [4.69, 9.17) is 9.72 Å². The molecule has 3 heterocycles. The summed E-state index contributed by atoms with van der Waals surface area (Å²) in [7, 11) is -2.16. The Bertz CT molecular complexity index is 2030. The second-order valence-corrected chi connectivity index (χ2v) is 12.5. The number of pyridine rings is 1. The van der Waals surface area contributed by atoms with Crippen molar-refractivity contribution in [3.8, 4) is 16.8 Å². The number of hydrogen-bond acceptors (Lipinski definition) is 7. The molecule has 6 rings (SSSR count). The van der Waals surface area contributed by atoms with E-state index >= 15 is 0 Å². The van der Waals surface area contributed by atoms with E-state index in [0.717, 1.165) is 6.07 Å². The molecule has 0 radical (unpaired) electrons. The monoisotopic (exact) mass is 635 g/mol. The molecule has 0 aliphatic carbocycles. The molecule has 3 aromatic carbocycles. The number of aromatic nitrogens is 3. The fourth-order valence-electron chi connectivity index (χ4n) is 5.43. The largest absolute Gasteiger partial charge is 0.379 e. The Hall–Kier alpha value is -4.43. The zero-order valence-electron chi connectivity index (χ0n) is 24.1. The van der Waals surface area contributed by atoms with Crippen molar-refractivity contribution >= 4 is 20.9 Å². The Kier molecular flexibility index (Phi) is 8.51. The molecular weight excluding hydrogens is 607 g/mol. The van der Waals surface area contributed by atoms with Gasteiger partial charge in [-0.2, -0.15) is 4.31 Å². The van der Waals surface area contributed by atoms with Crippen LogP contribution < -0.4 is 10.9 Å². The Balaban J connectivity index is 1.50. The van der Waals surface area contributed by atoms with Crippen molar-refractivity contribution in [2.24, 2.45) is 0 Å². The number of morpholine rings is 1. The predicted molar refractivity (Wildman–Crippen MR) is 162 cm³/mol. The van der Waals surface area contributed by atoms with Gasteiger partial charge in [0.2, 0.25) is 10.0 Å². The van der Waals surface area contributed by atoms with Gasteiger partial charge in [-0.3, -0.25) is 14.3 Å². The van der Waals surface area contributed by atoms with Gasteiger partial charge >= 0.3 is 0 Å². The van der Waals surface area contributed by atoms with Crippen LogP contribution in [0.5, 0.6) is 0 Å². The van der Waals surface area contributed by atoms with Gasteiger partial charge < -0.3 is 10.1 Å². The molecular formula is C32H28F3N5O4S. The number of sulfonamides is 1. The third-order valence-corrected chi connectivity index (χ3v) is 9.61. The van der Waals surface area contributed by atoms with Gasteiger partial charge in [-0.15, -0.1) is 0 Å². The number of likely N-dealkylation sites (N-methyl/N-ethyl adjacent to an activating group) is 1. The van der Waals surface area contributed by atoms with Crippen molar-refractivity contribution in [3.63, 3.8) is 0 Å². The summed E-state index contributed by atoms with van der Waals surface area (Å²) in [5, 5.41) is 3.32. The first-order valence-electron chi connectivity index (χ1n) is 14.1. The number of fused-ring (bicyclic) bond motifs is 1. The molecule has 1 atom stereocenters. The van der Waals surface area contributed by atoms with Crippen molar-refractivity contribution in [2.75, 3.05) is 33.4 Å². The lowest BCUT2D eigenvalue weighted by molar-refractivity contribution is 0.0730. The lowest BCUT2D eigenvalue weighted by atomic mass is 10.0. The summed E-state index contributed by atoms with van der Waals surface area (Å²) in [5.74, 6) is -1.79. The lowest BCUT2D eigenvalue weighted by Gasteiger charge is -2.26. The van der Waals surface area contributed by atoms with E-state index in [0.29, 0.717) is 30.0 Å². The number of benzene rings is 3. The quantitative estimate of drug-likeness (QED) is 0.270. The smallest absolute Gasteiger partial charge is 0.266 e. The summed E-state index contributed by atoms with van der Waals surface area (Å²) in [6.07, 6.45) is 2.77. The van der Waals surface area contributed by atoms with Gasteiger partial charge in [-0.05, 0) is 79.2 Å². The summed E-state index contributed by atoms with van der Waals surface area (Å²) in [4.78, 5) is 23.0. The number of nitrogens with zero attached hydrogens (tertiary/aromatic N) is 4. The van der Waals surface area contributed by atoms with Crippen LogP contribution in [0, 0.1) is 17.5 Å². The maximum Gasteiger partial charge on any atom is 0.266 e. The van der Waals surface area contributed by atoms with Gasteiger partial charge in [0.1, 0.15) is 23.3 Å². The molecule has 0 bridgehead atoms. The maximum absolute atomic E-state index is 14.6. The fraction of sp³-hybridized carbons (Fsp3) is 0.219. The summed E-state index contributed by atoms with van der Waals surface area (Å²) in [6, 6.07) is 14.3. The van der Waals surface area contributed by atoms with Crippen molar-refractivity contribution in [1.29, 1.82) is 0 Å². The summed E-state index contributed by atoms with van der Waals surface area (Å²) in [6.45, 7) is 1.07. The Morgan fingerprint density at radius 1 is 0.956 bits per heavy atom. The minimum Gasteiger partial charge on any atom is -0.379 e. The summed E-state index contributed by atoms with van der Waals surface area (Å²) < 4.78 is 77.2. The number of nitrogens with one attached hydrogen (secondary N) is 1. The van der Waals surface area contributed by atoms with Crippen LogP contribution in [-0.2, 0) is 21.2 Å². The van der Waals surface area contributed by atoms with E-state index in [1.54, 1.807) is 25.2 Å². The first kappa shape index (κ1) is 30.6. The van der Waals surface area contributed by atoms with E-state index in [-0.39, 0.29) is 46.7 Å². The highest BCUT2D eigenvalue weighted by atomic mass is 32.2. The molecule has 45 heavy (non-hydrogen) atoms. The molecule has 0 saturated carbocycles. The summed E-state index contributed by atoms with van der Waals surface area (Å²) in [5.41, 5.74) is 1.13. The van der Waals surface area contributed by atoms with Crippen molar-refractivity contribution in [3.05, 3.63) is 118 Å². The molecule has 1 fully saturated rings. The first-order chi connectivity index (χ1) is 21.7. The molecule has 5 aromatic rings. The van der Waals surface area contributed by atoms with Crippen LogP contribution in [-0.4, -0.2) is 60.6 Å². The maximum atomic E-state index is 14.6. The number of halogens is 3. The molecule has 1 aliphatic rings. The van der Waals surface area contributed by atoms with Crippen LogP contribution in [0.15, 0.2) is 88.8 Å².